The summed E-state index contributed by atoms with van der Waals surface area (Å²) in [5.74, 6) is 0.218. The average Bonchev–Trinajstić information content (AvgIpc) is 3.26. The van der Waals surface area contributed by atoms with Gasteiger partial charge < -0.3 is 4.90 Å². The van der Waals surface area contributed by atoms with Gasteiger partial charge in [-0.1, -0.05) is 18.2 Å². The van der Waals surface area contributed by atoms with Crippen molar-refractivity contribution in [2.45, 2.75) is 10.1 Å². The molecule has 0 bridgehead atoms. The number of fused-ring (bicyclic) bond motifs is 1. The average molecular weight is 341 g/mol. The van der Waals surface area contributed by atoms with Crippen LogP contribution in [0, 0.1) is 0 Å². The highest BCUT2D eigenvalue weighted by Crippen LogP contribution is 2.42. The van der Waals surface area contributed by atoms with E-state index < -0.39 is 0 Å². The molecule has 1 aliphatic rings. The van der Waals surface area contributed by atoms with Crippen molar-refractivity contribution in [3.63, 3.8) is 0 Å². The maximum absolute atomic E-state index is 13.1. The maximum Gasteiger partial charge on any atom is 0.260 e. The number of rotatable bonds is 3. The molecule has 1 aliphatic heterocycles. The van der Waals surface area contributed by atoms with E-state index >= 15 is 0 Å². The fourth-order valence-corrected chi connectivity index (χ4v) is 4.80. The smallest absolute Gasteiger partial charge is 0.260 e. The molecule has 4 nitrogen and oxygen atoms in total. The highest BCUT2D eigenvalue weighted by Gasteiger charge is 2.36. The molecule has 0 spiro atoms. The van der Waals surface area contributed by atoms with Gasteiger partial charge in [0, 0.05) is 30.0 Å². The van der Waals surface area contributed by atoms with Crippen LogP contribution < -0.4 is 4.90 Å². The maximum atomic E-state index is 13.1. The molecule has 1 N–H and O–H groups in total. The Kier molecular flexibility index (Phi) is 3.71. The normalized spacial score (nSPS) is 17.3. The lowest BCUT2D eigenvalue weighted by molar-refractivity contribution is 0.0976. The second kappa shape index (κ2) is 5.86. The minimum Gasteiger partial charge on any atom is -0.307 e. The molecule has 2 aromatic heterocycles. The van der Waals surface area contributed by atoms with Crippen LogP contribution in [0.3, 0.4) is 0 Å². The molecule has 1 aromatic carbocycles. The Balaban J connectivity index is 1.85. The number of carbonyl (C=O) groups is 1. The molecule has 116 valence electrons. The Hall–Kier alpha value is -2.05. The van der Waals surface area contributed by atoms with Gasteiger partial charge in [0.2, 0.25) is 0 Å². The molecule has 4 rings (SSSR count). The summed E-state index contributed by atoms with van der Waals surface area (Å²) in [5.41, 5.74) is 3.94. The number of hydrogen-bond donors (Lipinski definition) is 1. The second-order valence-corrected chi connectivity index (χ2v) is 7.33. The summed E-state index contributed by atoms with van der Waals surface area (Å²) in [6.45, 7) is 0.628. The summed E-state index contributed by atoms with van der Waals surface area (Å²) >= 11 is 3.28. The van der Waals surface area contributed by atoms with E-state index in [1.54, 1.807) is 29.3 Å². The zero-order valence-electron chi connectivity index (χ0n) is 12.5. The predicted octanol–water partition coefficient (Wildman–Crippen LogP) is 3.99. The zero-order valence-corrected chi connectivity index (χ0v) is 14.2. The van der Waals surface area contributed by atoms with Crippen LogP contribution >= 0.6 is 23.1 Å². The van der Waals surface area contributed by atoms with Crippen molar-refractivity contribution in [2.75, 3.05) is 17.7 Å². The summed E-state index contributed by atoms with van der Waals surface area (Å²) in [4.78, 5) is 14.9. The van der Waals surface area contributed by atoms with Crippen molar-refractivity contribution in [1.29, 1.82) is 0 Å². The van der Waals surface area contributed by atoms with Gasteiger partial charge in [0.15, 0.2) is 0 Å². The van der Waals surface area contributed by atoms with Crippen LogP contribution in [-0.2, 0) is 0 Å². The molecule has 1 unspecified atom stereocenters. The van der Waals surface area contributed by atoms with E-state index in [2.05, 4.69) is 15.6 Å². The first-order valence-corrected chi connectivity index (χ1v) is 9.41. The predicted molar refractivity (Wildman–Crippen MR) is 94.6 cm³/mol. The summed E-state index contributed by atoms with van der Waals surface area (Å²) < 4.78 is 1.08. The number of para-hydroxylation sites is 1. The Labute approximate surface area is 142 Å². The van der Waals surface area contributed by atoms with E-state index in [9.17, 15) is 4.79 Å². The topological polar surface area (TPSA) is 49.0 Å². The fourth-order valence-electron chi connectivity index (χ4n) is 3.03. The molecule has 6 heteroatoms. The number of hydrogen-bond acceptors (Lipinski definition) is 4. The first kappa shape index (κ1) is 14.5. The van der Waals surface area contributed by atoms with Crippen LogP contribution in [0.2, 0.25) is 0 Å². The number of carbonyl (C=O) groups excluding carboxylic acids is 1. The Morgan fingerprint density at radius 3 is 2.83 bits per heavy atom. The zero-order chi connectivity index (χ0) is 15.8. The quantitative estimate of drug-likeness (QED) is 0.733. The SMILES string of the molecule is CSc1scc2c1C(=O)N(c1ccccc1)CC2c1ccn[nH]1. The van der Waals surface area contributed by atoms with Crippen LogP contribution in [-0.4, -0.2) is 28.9 Å². The monoisotopic (exact) mass is 341 g/mol. The number of nitrogens with zero attached hydrogens (tertiary/aromatic N) is 2. The number of nitrogens with one attached hydrogen (secondary N) is 1. The van der Waals surface area contributed by atoms with Crippen LogP contribution in [0.5, 0.6) is 0 Å². The molecule has 0 saturated carbocycles. The van der Waals surface area contributed by atoms with Crippen LogP contribution in [0.25, 0.3) is 0 Å². The minimum absolute atomic E-state index is 0.0903. The van der Waals surface area contributed by atoms with Gasteiger partial charge in [-0.05, 0) is 35.4 Å². The summed E-state index contributed by atoms with van der Waals surface area (Å²) in [7, 11) is 0. The van der Waals surface area contributed by atoms with E-state index in [4.69, 9.17) is 0 Å². The van der Waals surface area contributed by atoms with E-state index in [0.29, 0.717) is 6.54 Å². The van der Waals surface area contributed by atoms with Crippen molar-refractivity contribution in [3.8, 4) is 0 Å². The van der Waals surface area contributed by atoms with E-state index in [0.717, 1.165) is 26.7 Å². The molecule has 1 amide bonds. The Bertz CT molecular complexity index is 827. The number of H-pyrrole nitrogens is 1. The van der Waals surface area contributed by atoms with Crippen molar-refractivity contribution < 1.29 is 4.79 Å². The van der Waals surface area contributed by atoms with Crippen molar-refractivity contribution in [1.82, 2.24) is 10.2 Å². The third kappa shape index (κ3) is 2.38. The molecule has 3 aromatic rings. The molecular weight excluding hydrogens is 326 g/mol. The summed E-state index contributed by atoms with van der Waals surface area (Å²) in [6.07, 6.45) is 3.78. The minimum atomic E-state index is 0.0903. The molecular formula is C17H15N3OS2. The number of benzene rings is 1. The van der Waals surface area contributed by atoms with Gasteiger partial charge in [0.05, 0.1) is 9.77 Å². The van der Waals surface area contributed by atoms with Crippen LogP contribution in [0.1, 0.15) is 27.5 Å². The van der Waals surface area contributed by atoms with Gasteiger partial charge in [-0.25, -0.2) is 0 Å². The second-order valence-electron chi connectivity index (χ2n) is 5.37. The number of aromatic nitrogens is 2. The lowest BCUT2D eigenvalue weighted by Gasteiger charge is -2.32. The highest BCUT2D eigenvalue weighted by molar-refractivity contribution is 8.00. The van der Waals surface area contributed by atoms with Gasteiger partial charge in [-0.15, -0.1) is 23.1 Å². The highest BCUT2D eigenvalue weighted by atomic mass is 32.2. The summed E-state index contributed by atoms with van der Waals surface area (Å²) in [6, 6.07) is 11.9. The van der Waals surface area contributed by atoms with E-state index in [-0.39, 0.29) is 11.8 Å². The third-order valence-corrected chi connectivity index (χ3v) is 6.29. The number of anilines is 1. The molecule has 0 aliphatic carbocycles. The van der Waals surface area contributed by atoms with Gasteiger partial charge in [0.1, 0.15) is 0 Å². The number of thiophene rings is 1. The fraction of sp³-hybridized carbons (Fsp3) is 0.176. The first-order valence-electron chi connectivity index (χ1n) is 7.31. The van der Waals surface area contributed by atoms with Crippen LogP contribution in [0.15, 0.2) is 52.2 Å². The van der Waals surface area contributed by atoms with Gasteiger partial charge >= 0.3 is 0 Å². The lowest BCUT2D eigenvalue weighted by atomic mass is 9.90. The van der Waals surface area contributed by atoms with Gasteiger partial charge in [-0.3, -0.25) is 9.89 Å². The molecule has 0 fully saturated rings. The van der Waals surface area contributed by atoms with Gasteiger partial charge in [-0.2, -0.15) is 5.10 Å². The third-order valence-electron chi connectivity index (χ3n) is 4.14. The summed E-state index contributed by atoms with van der Waals surface area (Å²) in [5, 5.41) is 9.27. The van der Waals surface area contributed by atoms with E-state index in [1.807, 2.05) is 47.6 Å². The Morgan fingerprint density at radius 1 is 1.30 bits per heavy atom. The van der Waals surface area contributed by atoms with Crippen molar-refractivity contribution in [2.24, 2.45) is 0 Å². The molecule has 3 heterocycles. The number of thioether (sulfide) groups is 1. The molecule has 23 heavy (non-hydrogen) atoms. The van der Waals surface area contributed by atoms with E-state index in [1.165, 1.54) is 0 Å². The van der Waals surface area contributed by atoms with Crippen molar-refractivity contribution >= 4 is 34.7 Å². The molecule has 1 atom stereocenters. The number of amides is 1. The molecule has 0 saturated heterocycles. The number of aromatic amines is 1. The van der Waals surface area contributed by atoms with Crippen LogP contribution in [0.4, 0.5) is 5.69 Å². The molecule has 0 radical (unpaired) electrons. The first-order chi connectivity index (χ1) is 11.3. The standard InChI is InChI=1S/C17H15N3OS2/c1-22-17-15-13(10-23-17)12(14-7-8-18-19-14)9-20(16(15)21)11-5-3-2-4-6-11/h2-8,10,12H,9H2,1H3,(H,18,19). The van der Waals surface area contributed by atoms with Gasteiger partial charge in [0.25, 0.3) is 5.91 Å². The Morgan fingerprint density at radius 2 is 2.13 bits per heavy atom. The largest absolute Gasteiger partial charge is 0.307 e. The lowest BCUT2D eigenvalue weighted by Crippen LogP contribution is -2.40. The van der Waals surface area contributed by atoms with Crippen molar-refractivity contribution in [3.05, 3.63) is 64.8 Å².